The molecule has 1 aromatic heterocycles. The minimum Gasteiger partial charge on any atom is -0.449 e. The Kier molecular flexibility index (Phi) is 5.48. The van der Waals surface area contributed by atoms with Crippen LogP contribution >= 0.6 is 0 Å². The van der Waals surface area contributed by atoms with Crippen LogP contribution in [0.4, 0.5) is 4.79 Å². The topological polar surface area (TPSA) is 69.5 Å². The molecule has 128 valence electrons. The molecule has 1 amide bonds. The van der Waals surface area contributed by atoms with Gasteiger partial charge in [0, 0.05) is 20.0 Å². The van der Waals surface area contributed by atoms with Crippen LogP contribution in [0.25, 0.3) is 0 Å². The van der Waals surface area contributed by atoms with Crippen LogP contribution in [0.1, 0.15) is 43.8 Å². The summed E-state index contributed by atoms with van der Waals surface area (Å²) >= 11 is 0. The SMILES string of the molecule is CN(Cc1nnc2n1CCOCC2)C(=O)OCC1CCCCC1. The Hall–Kier alpha value is -1.63. The lowest BCUT2D eigenvalue weighted by molar-refractivity contribution is 0.0844. The van der Waals surface area contributed by atoms with Crippen LogP contribution in [-0.4, -0.2) is 52.6 Å². The standard InChI is InChI=1S/C16H26N4O3/c1-19(16(21)23-12-13-5-3-2-4-6-13)11-15-18-17-14-7-9-22-10-8-20(14)15/h13H,2-12H2,1H3. The van der Waals surface area contributed by atoms with Crippen molar-refractivity contribution < 1.29 is 14.3 Å². The number of rotatable bonds is 4. The summed E-state index contributed by atoms with van der Waals surface area (Å²) in [5.74, 6) is 2.26. The van der Waals surface area contributed by atoms with E-state index in [1.54, 1.807) is 11.9 Å². The number of carbonyl (C=O) groups excluding carboxylic acids is 1. The van der Waals surface area contributed by atoms with E-state index in [1.165, 1.54) is 32.1 Å². The molecule has 7 nitrogen and oxygen atoms in total. The second-order valence-corrected chi connectivity index (χ2v) is 6.48. The number of nitrogens with zero attached hydrogens (tertiary/aromatic N) is 4. The number of aromatic nitrogens is 3. The van der Waals surface area contributed by atoms with Gasteiger partial charge in [0.05, 0.1) is 26.4 Å². The van der Waals surface area contributed by atoms with Gasteiger partial charge in [-0.25, -0.2) is 4.79 Å². The number of carbonyl (C=O) groups is 1. The number of hydrogen-bond donors (Lipinski definition) is 0. The van der Waals surface area contributed by atoms with Crippen molar-refractivity contribution in [2.45, 2.75) is 51.6 Å². The summed E-state index contributed by atoms with van der Waals surface area (Å²) in [6.07, 6.45) is 6.66. The molecule has 0 saturated heterocycles. The molecule has 1 aromatic rings. The minimum atomic E-state index is -0.280. The average Bonchev–Trinajstić information content (AvgIpc) is 2.81. The lowest BCUT2D eigenvalue weighted by Crippen LogP contribution is -2.30. The van der Waals surface area contributed by atoms with E-state index in [0.29, 0.717) is 32.3 Å². The maximum Gasteiger partial charge on any atom is 0.409 e. The summed E-state index contributed by atoms with van der Waals surface area (Å²) < 4.78 is 13.0. The highest BCUT2D eigenvalue weighted by Gasteiger charge is 2.20. The van der Waals surface area contributed by atoms with Gasteiger partial charge in [0.1, 0.15) is 5.82 Å². The van der Waals surface area contributed by atoms with E-state index >= 15 is 0 Å². The average molecular weight is 322 g/mol. The first-order valence-corrected chi connectivity index (χ1v) is 8.60. The van der Waals surface area contributed by atoms with Crippen LogP contribution in [0.3, 0.4) is 0 Å². The van der Waals surface area contributed by atoms with E-state index in [4.69, 9.17) is 9.47 Å². The van der Waals surface area contributed by atoms with E-state index in [9.17, 15) is 4.79 Å². The fourth-order valence-corrected chi connectivity index (χ4v) is 3.28. The predicted molar refractivity (Wildman–Crippen MR) is 83.9 cm³/mol. The van der Waals surface area contributed by atoms with Gasteiger partial charge in [-0.2, -0.15) is 0 Å². The van der Waals surface area contributed by atoms with Crippen molar-refractivity contribution in [3.63, 3.8) is 0 Å². The molecule has 1 aliphatic carbocycles. The van der Waals surface area contributed by atoms with Crippen LogP contribution < -0.4 is 0 Å². The second kappa shape index (κ2) is 7.77. The van der Waals surface area contributed by atoms with Crippen molar-refractivity contribution in [3.8, 4) is 0 Å². The first-order chi connectivity index (χ1) is 11.2. The molecule has 0 spiro atoms. The monoisotopic (exact) mass is 322 g/mol. The summed E-state index contributed by atoms with van der Waals surface area (Å²) in [5, 5.41) is 8.42. The number of hydrogen-bond acceptors (Lipinski definition) is 5. The Bertz CT molecular complexity index is 525. The third-order valence-corrected chi connectivity index (χ3v) is 4.69. The van der Waals surface area contributed by atoms with Crippen molar-refractivity contribution in [1.29, 1.82) is 0 Å². The quantitative estimate of drug-likeness (QED) is 0.848. The lowest BCUT2D eigenvalue weighted by atomic mass is 9.90. The largest absolute Gasteiger partial charge is 0.449 e. The number of fused-ring (bicyclic) bond motifs is 1. The second-order valence-electron chi connectivity index (χ2n) is 6.48. The fourth-order valence-electron chi connectivity index (χ4n) is 3.28. The van der Waals surface area contributed by atoms with Crippen LogP contribution in [0, 0.1) is 5.92 Å². The van der Waals surface area contributed by atoms with E-state index in [-0.39, 0.29) is 6.09 Å². The zero-order valence-corrected chi connectivity index (χ0v) is 13.9. The van der Waals surface area contributed by atoms with Gasteiger partial charge < -0.3 is 18.9 Å². The third kappa shape index (κ3) is 4.22. The highest BCUT2D eigenvalue weighted by molar-refractivity contribution is 5.67. The van der Waals surface area contributed by atoms with Crippen LogP contribution in [0.5, 0.6) is 0 Å². The van der Waals surface area contributed by atoms with Crippen molar-refractivity contribution >= 4 is 6.09 Å². The van der Waals surface area contributed by atoms with Gasteiger partial charge in [-0.15, -0.1) is 10.2 Å². The molecular weight excluding hydrogens is 296 g/mol. The smallest absolute Gasteiger partial charge is 0.409 e. The van der Waals surface area contributed by atoms with E-state index in [0.717, 1.165) is 24.6 Å². The molecule has 0 aromatic carbocycles. The normalized spacial score (nSPS) is 19.0. The van der Waals surface area contributed by atoms with Crippen LogP contribution in [0.15, 0.2) is 0 Å². The Morgan fingerprint density at radius 3 is 2.96 bits per heavy atom. The summed E-state index contributed by atoms with van der Waals surface area (Å²) in [5.41, 5.74) is 0. The molecule has 2 aliphatic rings. The van der Waals surface area contributed by atoms with Crippen molar-refractivity contribution in [2.24, 2.45) is 5.92 Å². The molecule has 2 heterocycles. The molecule has 1 saturated carbocycles. The van der Waals surface area contributed by atoms with Gasteiger partial charge in [-0.1, -0.05) is 19.3 Å². The molecule has 1 aliphatic heterocycles. The van der Waals surface area contributed by atoms with Gasteiger partial charge in [0.15, 0.2) is 5.82 Å². The first-order valence-electron chi connectivity index (χ1n) is 8.60. The van der Waals surface area contributed by atoms with Gasteiger partial charge in [0.25, 0.3) is 0 Å². The highest BCUT2D eigenvalue weighted by atomic mass is 16.6. The third-order valence-electron chi connectivity index (χ3n) is 4.69. The van der Waals surface area contributed by atoms with E-state index in [1.807, 2.05) is 0 Å². The minimum absolute atomic E-state index is 0.280. The zero-order chi connectivity index (χ0) is 16.1. The Morgan fingerprint density at radius 1 is 1.30 bits per heavy atom. The van der Waals surface area contributed by atoms with Crippen LogP contribution in [0.2, 0.25) is 0 Å². The Morgan fingerprint density at radius 2 is 2.13 bits per heavy atom. The molecule has 0 unspecified atom stereocenters. The maximum absolute atomic E-state index is 12.2. The van der Waals surface area contributed by atoms with Crippen molar-refractivity contribution in [3.05, 3.63) is 11.6 Å². The first kappa shape index (κ1) is 16.2. The molecule has 7 heteroatoms. The summed E-state index contributed by atoms with van der Waals surface area (Å²) in [7, 11) is 1.75. The van der Waals surface area contributed by atoms with Gasteiger partial charge in [-0.3, -0.25) is 0 Å². The van der Waals surface area contributed by atoms with Gasteiger partial charge in [0.2, 0.25) is 0 Å². The molecule has 0 radical (unpaired) electrons. The predicted octanol–water partition coefficient (Wildman–Crippen LogP) is 2.00. The van der Waals surface area contributed by atoms with Crippen molar-refractivity contribution in [1.82, 2.24) is 19.7 Å². The number of ether oxygens (including phenoxy) is 2. The van der Waals surface area contributed by atoms with E-state index in [2.05, 4.69) is 14.8 Å². The van der Waals surface area contributed by atoms with Gasteiger partial charge in [-0.05, 0) is 18.8 Å². The van der Waals surface area contributed by atoms with Crippen molar-refractivity contribution in [2.75, 3.05) is 26.9 Å². The van der Waals surface area contributed by atoms with Crippen LogP contribution in [-0.2, 0) is 29.0 Å². The summed E-state index contributed by atoms with van der Waals surface area (Å²) in [6, 6.07) is 0. The molecule has 3 rings (SSSR count). The molecule has 0 bridgehead atoms. The fraction of sp³-hybridized carbons (Fsp3) is 0.812. The maximum atomic E-state index is 12.2. The molecular formula is C16H26N4O3. The van der Waals surface area contributed by atoms with Gasteiger partial charge >= 0.3 is 6.09 Å². The molecule has 0 N–H and O–H groups in total. The van der Waals surface area contributed by atoms with E-state index < -0.39 is 0 Å². The zero-order valence-electron chi connectivity index (χ0n) is 13.9. The lowest BCUT2D eigenvalue weighted by Gasteiger charge is -2.23. The molecule has 0 atom stereocenters. The Labute approximate surface area is 137 Å². The highest BCUT2D eigenvalue weighted by Crippen LogP contribution is 2.23. The summed E-state index contributed by atoms with van der Waals surface area (Å²) in [6.45, 7) is 3.03. The molecule has 1 fully saturated rings. The molecule has 23 heavy (non-hydrogen) atoms. The number of amides is 1. The summed E-state index contributed by atoms with van der Waals surface area (Å²) in [4.78, 5) is 13.7. The Balaban J connectivity index is 1.51.